The van der Waals surface area contributed by atoms with Gasteiger partial charge in [0.2, 0.25) is 0 Å². The standard InChI is InChI=1S/2C13H16O4.C12H10O4.2C12H16O4.C11H14O4/c1-6(2)11(14)17-13(3)7-4-8-9(5-7)12(15)16-10(8)13;1-6(2)12(14)16-10-7-3-4-8-9(5-7)13(15)17-11(8)10;1-4(2)8(13)15-11-6-3-5-7-10(6,11)12(7,11)16-9(5)14;1-7(2)10(13)15-8-4-5-12(3)6-9(8)16-11(12)14;1-7(2)10(13)16-12(3)5-4-8-6-9(12)15-11(8)14;1-6(2)10(12)14-8-4-3-7-5-9(8)15-11(7)13/h7-10H,1,4-5H2,2-3H3;7-11H,1,3-5H2,2H3;5-7H,1,3H2,2H3;2*8-9H,1,4-6H2,2-3H3;7-9H,1,3-5H2,2H3. The van der Waals surface area contributed by atoms with Crippen LogP contribution in [0.25, 0.3) is 0 Å². The van der Waals surface area contributed by atoms with E-state index in [1.165, 1.54) is 0 Å². The van der Waals surface area contributed by atoms with Crippen LogP contribution in [0.5, 0.6) is 0 Å². The van der Waals surface area contributed by atoms with Crippen molar-refractivity contribution in [1.29, 1.82) is 0 Å². The van der Waals surface area contributed by atoms with E-state index in [0.29, 0.717) is 83.8 Å². The molecule has 6 heterocycles. The lowest BCUT2D eigenvalue weighted by Gasteiger charge is -2.43. The largest absolute Gasteiger partial charge is 0.458 e. The summed E-state index contributed by atoms with van der Waals surface area (Å²) in [6.07, 6.45) is 9.64. The number of rotatable bonds is 12. The Hall–Kier alpha value is -7.92. The average molecular weight is 1350 g/mol. The zero-order valence-corrected chi connectivity index (χ0v) is 56.6. The van der Waals surface area contributed by atoms with Crippen LogP contribution < -0.4 is 0 Å². The van der Waals surface area contributed by atoms with Crippen molar-refractivity contribution >= 4 is 71.6 Å². The predicted molar refractivity (Wildman–Crippen MR) is 333 cm³/mol. The molecule has 18 rings (SSSR count). The SMILES string of the molecule is C=C(C)C(=O)OC1(C)C2CC3C(=O)OC1C3C2.C=C(C)C(=O)OC1(C)CCC2CC1OC2=O.C=C(C)C(=O)OC12C3CC4C(=O)OC15C4C325.C=C(C)C(=O)OC1C2CCC3C(C2)C(=O)OC31.C=C(C)C(=O)OC1CCC2(C)CC1OC2=O.C=C(C)C(=O)OC1CCC2CC1OC2=O. The second kappa shape index (κ2) is 24.2. The first kappa shape index (κ1) is 69.0. The summed E-state index contributed by atoms with van der Waals surface area (Å²) in [5.74, 6) is -1.04. The van der Waals surface area contributed by atoms with Gasteiger partial charge in [-0.1, -0.05) is 39.5 Å². The Morgan fingerprint density at radius 3 is 1.68 bits per heavy atom. The molecule has 24 heteroatoms. The second-order valence-corrected chi connectivity index (χ2v) is 30.9. The quantitative estimate of drug-likeness (QED) is 0.103. The monoisotopic (exact) mass is 1350 g/mol. The van der Waals surface area contributed by atoms with Gasteiger partial charge in [0.1, 0.15) is 60.0 Å². The van der Waals surface area contributed by atoms with Gasteiger partial charge in [0.25, 0.3) is 0 Å². The molecule has 0 N–H and O–H groups in total. The van der Waals surface area contributed by atoms with Gasteiger partial charge in [0.05, 0.1) is 40.4 Å². The molecule has 12 saturated carbocycles. The highest BCUT2D eigenvalue weighted by molar-refractivity contribution is 5.97. The van der Waals surface area contributed by atoms with E-state index < -0.39 is 34.7 Å². The highest BCUT2D eigenvalue weighted by Gasteiger charge is 3.32. The zero-order chi connectivity index (χ0) is 70.5. The fourth-order valence-electron chi connectivity index (χ4n) is 18.9. The van der Waals surface area contributed by atoms with Crippen molar-refractivity contribution in [1.82, 2.24) is 0 Å². The summed E-state index contributed by atoms with van der Waals surface area (Å²) in [5, 5.41) is 0. The van der Waals surface area contributed by atoms with Crippen LogP contribution in [0.1, 0.15) is 159 Å². The summed E-state index contributed by atoms with van der Waals surface area (Å²) in [5.41, 5.74) is -0.0911. The number of hydrogen-bond acceptors (Lipinski definition) is 24. The summed E-state index contributed by atoms with van der Waals surface area (Å²) >= 11 is 0. The molecule has 12 bridgehead atoms. The van der Waals surface area contributed by atoms with Gasteiger partial charge in [-0.15, -0.1) is 0 Å². The van der Waals surface area contributed by atoms with E-state index in [1.807, 2.05) is 20.8 Å². The maximum atomic E-state index is 11.7. The van der Waals surface area contributed by atoms with E-state index in [2.05, 4.69) is 39.5 Å². The van der Waals surface area contributed by atoms with Crippen LogP contribution in [0, 0.1) is 75.9 Å². The number of ether oxygens (including phenoxy) is 12. The molecule has 97 heavy (non-hydrogen) atoms. The molecule has 0 radical (unpaired) electrons. The van der Waals surface area contributed by atoms with Gasteiger partial charge in [0.15, 0.2) is 11.2 Å². The van der Waals surface area contributed by atoms with Crippen LogP contribution >= 0.6 is 0 Å². The van der Waals surface area contributed by atoms with Gasteiger partial charge < -0.3 is 56.8 Å². The van der Waals surface area contributed by atoms with Crippen LogP contribution in [0.2, 0.25) is 0 Å². The molecule has 0 aromatic rings. The molecule has 0 aromatic heterocycles. The van der Waals surface area contributed by atoms with Crippen molar-refractivity contribution in [3.63, 3.8) is 0 Å². The smallest absolute Gasteiger partial charge is 0.333 e. The van der Waals surface area contributed by atoms with E-state index in [0.717, 1.165) is 57.8 Å². The van der Waals surface area contributed by atoms with E-state index >= 15 is 0 Å². The average Bonchev–Trinajstić information content (AvgIpc) is 1.31. The molecular weight excluding hydrogens is 1260 g/mol. The van der Waals surface area contributed by atoms with Crippen molar-refractivity contribution in [2.45, 2.75) is 230 Å². The summed E-state index contributed by atoms with van der Waals surface area (Å²) < 4.78 is 64.2. The molecule has 0 amide bonds. The fraction of sp³-hybridized carbons (Fsp3) is 0.671. The Labute approximate surface area is 562 Å². The van der Waals surface area contributed by atoms with Crippen LogP contribution in [-0.2, 0) is 114 Å². The lowest BCUT2D eigenvalue weighted by molar-refractivity contribution is -0.175. The Kier molecular flexibility index (Phi) is 17.2. The van der Waals surface area contributed by atoms with Crippen LogP contribution in [-0.4, -0.2) is 143 Å². The maximum Gasteiger partial charge on any atom is 0.333 e. The molecule has 2 spiro atoms. The summed E-state index contributed by atoms with van der Waals surface area (Å²) in [6.45, 7) is 36.7. The lowest BCUT2D eigenvalue weighted by Crippen LogP contribution is -2.50. The molecule has 25 unspecified atom stereocenters. The van der Waals surface area contributed by atoms with Gasteiger partial charge in [-0.2, -0.15) is 0 Å². The van der Waals surface area contributed by atoms with Crippen molar-refractivity contribution in [3.8, 4) is 0 Å². The first-order chi connectivity index (χ1) is 45.5. The number of hydrogen-bond donors (Lipinski definition) is 0. The van der Waals surface area contributed by atoms with E-state index in [9.17, 15) is 57.5 Å². The van der Waals surface area contributed by atoms with Crippen LogP contribution in [0.15, 0.2) is 72.9 Å². The van der Waals surface area contributed by atoms with Crippen LogP contribution in [0.4, 0.5) is 0 Å². The van der Waals surface area contributed by atoms with Gasteiger partial charge in [-0.3, -0.25) is 28.8 Å². The molecule has 0 aromatic carbocycles. The minimum absolute atomic E-state index is 0.00149. The second-order valence-electron chi connectivity index (χ2n) is 30.9. The van der Waals surface area contributed by atoms with Crippen molar-refractivity contribution < 1.29 is 114 Å². The molecule has 6 aliphatic heterocycles. The summed E-state index contributed by atoms with van der Waals surface area (Å²) in [4.78, 5) is 138. The molecule has 18 aliphatic rings. The normalized spacial score (nSPS) is 43.3. The predicted octanol–water partition coefficient (Wildman–Crippen LogP) is 7.69. The summed E-state index contributed by atoms with van der Waals surface area (Å²) in [7, 11) is 0. The van der Waals surface area contributed by atoms with Crippen molar-refractivity contribution in [2.24, 2.45) is 75.9 Å². The van der Waals surface area contributed by atoms with E-state index in [4.69, 9.17) is 56.8 Å². The molecule has 524 valence electrons. The molecule has 25 atom stereocenters. The third-order valence-corrected chi connectivity index (χ3v) is 24.2. The van der Waals surface area contributed by atoms with Gasteiger partial charge in [0, 0.05) is 88.2 Å². The number of carbonyl (C=O) groups is 12. The Bertz CT molecular complexity index is 3550. The number of esters is 12. The first-order valence-electron chi connectivity index (χ1n) is 34.0. The van der Waals surface area contributed by atoms with E-state index in [-0.39, 0.29) is 172 Å². The number of carbonyl (C=O) groups excluding carboxylic acids is 12. The molecule has 24 nitrogen and oxygen atoms in total. The van der Waals surface area contributed by atoms with E-state index in [1.54, 1.807) is 41.5 Å². The van der Waals surface area contributed by atoms with Gasteiger partial charge >= 0.3 is 71.6 Å². The maximum absolute atomic E-state index is 11.7. The Morgan fingerprint density at radius 1 is 0.474 bits per heavy atom. The van der Waals surface area contributed by atoms with Crippen molar-refractivity contribution in [2.75, 3.05) is 0 Å². The van der Waals surface area contributed by atoms with Crippen LogP contribution in [0.3, 0.4) is 0 Å². The molecule has 18 fully saturated rings. The third-order valence-electron chi connectivity index (χ3n) is 24.2. The number of fused-ring (bicyclic) bond motifs is 9. The topological polar surface area (TPSA) is 316 Å². The Morgan fingerprint density at radius 2 is 1.04 bits per heavy atom. The molecular formula is C73H88O24. The minimum atomic E-state index is -0.682. The lowest BCUT2D eigenvalue weighted by atomic mass is 9.63. The first-order valence-corrected chi connectivity index (χ1v) is 34.0. The van der Waals surface area contributed by atoms with Gasteiger partial charge in [-0.05, 0) is 139 Å². The zero-order valence-electron chi connectivity index (χ0n) is 56.6. The summed E-state index contributed by atoms with van der Waals surface area (Å²) in [6, 6.07) is 0. The van der Waals surface area contributed by atoms with Crippen molar-refractivity contribution in [3.05, 3.63) is 72.9 Å². The van der Waals surface area contributed by atoms with Gasteiger partial charge in [-0.25, -0.2) is 28.8 Å². The molecule has 12 aliphatic carbocycles. The Balaban J connectivity index is 0.000000111. The fourth-order valence-corrected chi connectivity index (χ4v) is 18.9. The highest BCUT2D eigenvalue weighted by Crippen LogP contribution is 3.16. The molecule has 6 saturated heterocycles. The third kappa shape index (κ3) is 11.0. The minimum Gasteiger partial charge on any atom is -0.458 e. The highest BCUT2D eigenvalue weighted by atomic mass is 16.7.